The molecule has 2 atom stereocenters. The molecule has 4 heteroatoms. The highest BCUT2D eigenvalue weighted by atomic mass is 28.4. The molecular weight excluding hydrogens is 388 g/mol. The number of aryl methyl sites for hydroxylation is 2. The molecule has 0 saturated carbocycles. The number of carbonyl (C=O) groups excluding carboxylic acids is 1. The fraction of sp³-hybridized carbons (Fsp3) is 0.731. The molecule has 0 aliphatic heterocycles. The quantitative estimate of drug-likeness (QED) is 0.266. The standard InChI is InChI=1S/C26H44O3Si/c1-16(2)30(17(3)4,18(5)6)29-25-14-24(28-21(9)27)23-13-20(8)19(7)12-22(23)15-26(25,10)11/h12-13,16-18,24-25H,14-15H2,1-11H3/t24-,25+/m1/s1. The first-order chi connectivity index (χ1) is 13.7. The molecule has 1 aliphatic carbocycles. The van der Waals surface area contributed by atoms with Gasteiger partial charge in [0.25, 0.3) is 0 Å². The molecule has 1 aromatic rings. The van der Waals surface area contributed by atoms with Gasteiger partial charge in [-0.05, 0) is 64.6 Å². The van der Waals surface area contributed by atoms with Crippen LogP contribution in [0, 0.1) is 19.3 Å². The average molecular weight is 433 g/mol. The molecule has 1 aliphatic rings. The molecule has 0 fully saturated rings. The monoisotopic (exact) mass is 432 g/mol. The predicted molar refractivity (Wildman–Crippen MR) is 128 cm³/mol. The maximum atomic E-state index is 12.0. The van der Waals surface area contributed by atoms with Crippen LogP contribution in [0.2, 0.25) is 16.6 Å². The summed E-state index contributed by atoms with van der Waals surface area (Å²) in [7, 11) is -2.06. The SMILES string of the molecule is CC(=O)O[C@@H]1C[C@H](O[Si](C(C)C)(C(C)C)C(C)C)C(C)(C)Cc2cc(C)c(C)cc21. The van der Waals surface area contributed by atoms with Crippen molar-refractivity contribution < 1.29 is 14.0 Å². The van der Waals surface area contributed by atoms with Crippen molar-refractivity contribution in [3.05, 3.63) is 34.4 Å². The van der Waals surface area contributed by atoms with Gasteiger partial charge in [0, 0.05) is 13.3 Å². The molecule has 1 aromatic carbocycles. The first kappa shape index (κ1) is 25.1. The van der Waals surface area contributed by atoms with E-state index >= 15 is 0 Å². The number of fused-ring (bicyclic) bond motifs is 1. The van der Waals surface area contributed by atoms with E-state index < -0.39 is 8.32 Å². The first-order valence-electron chi connectivity index (χ1n) is 11.7. The Hall–Kier alpha value is -1.13. The van der Waals surface area contributed by atoms with Crippen LogP contribution < -0.4 is 0 Å². The third-order valence-corrected chi connectivity index (χ3v) is 13.5. The van der Waals surface area contributed by atoms with Crippen molar-refractivity contribution in [3.8, 4) is 0 Å². The molecule has 0 spiro atoms. The second kappa shape index (κ2) is 9.16. The Bertz CT molecular complexity index is 742. The molecule has 0 bridgehead atoms. The van der Waals surface area contributed by atoms with Gasteiger partial charge in [-0.3, -0.25) is 4.79 Å². The highest BCUT2D eigenvalue weighted by Gasteiger charge is 2.50. The van der Waals surface area contributed by atoms with Crippen LogP contribution in [0.1, 0.15) is 97.1 Å². The van der Waals surface area contributed by atoms with Crippen LogP contribution in [-0.4, -0.2) is 20.4 Å². The van der Waals surface area contributed by atoms with Gasteiger partial charge in [0.05, 0.1) is 6.10 Å². The van der Waals surface area contributed by atoms with E-state index in [9.17, 15) is 4.79 Å². The van der Waals surface area contributed by atoms with Crippen LogP contribution in [0.3, 0.4) is 0 Å². The van der Waals surface area contributed by atoms with Crippen molar-refractivity contribution in [1.82, 2.24) is 0 Å². The van der Waals surface area contributed by atoms with Gasteiger partial charge in [0.1, 0.15) is 6.10 Å². The topological polar surface area (TPSA) is 35.5 Å². The predicted octanol–water partition coefficient (Wildman–Crippen LogP) is 7.44. The van der Waals surface area contributed by atoms with E-state index in [-0.39, 0.29) is 23.6 Å². The van der Waals surface area contributed by atoms with Crippen molar-refractivity contribution in [3.63, 3.8) is 0 Å². The molecule has 0 aromatic heterocycles. The van der Waals surface area contributed by atoms with E-state index in [4.69, 9.17) is 9.16 Å². The van der Waals surface area contributed by atoms with E-state index in [1.165, 1.54) is 29.2 Å². The lowest BCUT2D eigenvalue weighted by Gasteiger charge is -2.48. The van der Waals surface area contributed by atoms with Gasteiger partial charge in [-0.2, -0.15) is 0 Å². The Labute approximate surface area is 186 Å². The molecule has 0 N–H and O–H groups in total. The van der Waals surface area contributed by atoms with Crippen molar-refractivity contribution in [1.29, 1.82) is 0 Å². The Kier molecular flexibility index (Phi) is 7.67. The van der Waals surface area contributed by atoms with E-state index in [0.29, 0.717) is 16.6 Å². The Morgan fingerprint density at radius 1 is 1.00 bits per heavy atom. The van der Waals surface area contributed by atoms with Crippen molar-refractivity contribution in [2.45, 2.75) is 118 Å². The van der Waals surface area contributed by atoms with Gasteiger partial charge < -0.3 is 9.16 Å². The summed E-state index contributed by atoms with van der Waals surface area (Å²) in [6, 6.07) is 4.53. The minimum atomic E-state index is -2.06. The summed E-state index contributed by atoms with van der Waals surface area (Å²) in [4.78, 5) is 12.0. The summed E-state index contributed by atoms with van der Waals surface area (Å²) < 4.78 is 13.2. The minimum Gasteiger partial charge on any atom is -0.458 e. The lowest BCUT2D eigenvalue weighted by molar-refractivity contribution is -0.148. The summed E-state index contributed by atoms with van der Waals surface area (Å²) in [5.41, 5.74) is 6.54. The Morgan fingerprint density at radius 3 is 1.97 bits per heavy atom. The number of esters is 1. The van der Waals surface area contributed by atoms with Gasteiger partial charge >= 0.3 is 5.97 Å². The highest BCUT2D eigenvalue weighted by molar-refractivity contribution is 6.77. The summed E-state index contributed by atoms with van der Waals surface area (Å²) in [5.74, 6) is -0.220. The lowest BCUT2D eigenvalue weighted by Crippen LogP contribution is -2.53. The zero-order valence-electron chi connectivity index (χ0n) is 21.2. The second-order valence-corrected chi connectivity index (χ2v) is 16.5. The Balaban J connectivity index is 2.57. The zero-order chi connectivity index (χ0) is 23.0. The third-order valence-electron chi connectivity index (χ3n) is 7.41. The summed E-state index contributed by atoms with van der Waals surface area (Å²) >= 11 is 0. The van der Waals surface area contributed by atoms with E-state index in [0.717, 1.165) is 12.8 Å². The van der Waals surface area contributed by atoms with Crippen molar-refractivity contribution in [2.24, 2.45) is 5.41 Å². The Morgan fingerprint density at radius 2 is 1.50 bits per heavy atom. The van der Waals surface area contributed by atoms with Gasteiger partial charge in [0.2, 0.25) is 8.32 Å². The van der Waals surface area contributed by atoms with Crippen molar-refractivity contribution in [2.75, 3.05) is 0 Å². The van der Waals surface area contributed by atoms with Gasteiger partial charge in [0.15, 0.2) is 0 Å². The number of carbonyl (C=O) groups is 1. The fourth-order valence-electron chi connectivity index (χ4n) is 5.77. The maximum absolute atomic E-state index is 12.0. The largest absolute Gasteiger partial charge is 0.458 e. The van der Waals surface area contributed by atoms with E-state index in [2.05, 4.69) is 81.4 Å². The van der Waals surface area contributed by atoms with E-state index in [1.54, 1.807) is 0 Å². The van der Waals surface area contributed by atoms with Crippen LogP contribution in [0.5, 0.6) is 0 Å². The molecule has 2 rings (SSSR count). The van der Waals surface area contributed by atoms with Gasteiger partial charge in [-0.1, -0.05) is 67.5 Å². The van der Waals surface area contributed by atoms with Crippen molar-refractivity contribution >= 4 is 14.3 Å². The zero-order valence-corrected chi connectivity index (χ0v) is 22.2. The van der Waals surface area contributed by atoms with Crippen LogP contribution in [-0.2, 0) is 20.4 Å². The number of hydrogen-bond donors (Lipinski definition) is 0. The number of ether oxygens (including phenoxy) is 1. The molecule has 0 unspecified atom stereocenters. The number of rotatable bonds is 6. The molecule has 170 valence electrons. The molecule has 0 heterocycles. The fourth-order valence-corrected chi connectivity index (χ4v) is 11.5. The first-order valence-corrected chi connectivity index (χ1v) is 13.8. The molecule has 3 nitrogen and oxygen atoms in total. The van der Waals surface area contributed by atoms with Crippen LogP contribution in [0.25, 0.3) is 0 Å². The minimum absolute atomic E-state index is 0.0394. The van der Waals surface area contributed by atoms with Crippen LogP contribution in [0.15, 0.2) is 12.1 Å². The van der Waals surface area contributed by atoms with Gasteiger partial charge in [-0.25, -0.2) is 0 Å². The molecule has 0 saturated heterocycles. The maximum Gasteiger partial charge on any atom is 0.303 e. The number of benzene rings is 1. The summed E-state index contributed by atoms with van der Waals surface area (Å²) in [5, 5.41) is 0. The van der Waals surface area contributed by atoms with Gasteiger partial charge in [-0.15, -0.1) is 0 Å². The molecular formula is C26H44O3Si. The summed E-state index contributed by atoms with van der Waals surface area (Å²) in [6.07, 6.45) is 1.46. The molecule has 0 amide bonds. The highest BCUT2D eigenvalue weighted by Crippen LogP contribution is 2.49. The van der Waals surface area contributed by atoms with Crippen LogP contribution >= 0.6 is 0 Å². The van der Waals surface area contributed by atoms with Crippen LogP contribution in [0.4, 0.5) is 0 Å². The molecule has 0 radical (unpaired) electrons. The van der Waals surface area contributed by atoms with E-state index in [1.807, 2.05) is 0 Å². The normalized spacial score (nSPS) is 21.7. The third kappa shape index (κ3) is 4.85. The average Bonchev–Trinajstić information content (AvgIpc) is 2.67. The smallest absolute Gasteiger partial charge is 0.303 e. The lowest BCUT2D eigenvalue weighted by atomic mass is 9.80. The second-order valence-electron chi connectivity index (χ2n) is 11.1. The molecule has 30 heavy (non-hydrogen) atoms. The number of hydrogen-bond acceptors (Lipinski definition) is 3. The summed E-state index contributed by atoms with van der Waals surface area (Å²) in [6.45, 7) is 24.5.